The van der Waals surface area contributed by atoms with Crippen molar-refractivity contribution in [2.75, 3.05) is 14.3 Å². The van der Waals surface area contributed by atoms with E-state index >= 15 is 0 Å². The molecule has 1 fully saturated rings. The van der Waals surface area contributed by atoms with Gasteiger partial charge in [0, 0.05) is 11.4 Å². The number of nitrogens with zero attached hydrogens (tertiary/aromatic N) is 3. The highest BCUT2D eigenvalue weighted by molar-refractivity contribution is 8.41. The summed E-state index contributed by atoms with van der Waals surface area (Å²) in [7, 11) is -3.00. The minimum absolute atomic E-state index is 0.153. The van der Waals surface area contributed by atoms with Gasteiger partial charge in [-0.25, -0.2) is 4.31 Å². The fraction of sp³-hybridized carbons (Fsp3) is 0.0476. The molecule has 2 N–H and O–H groups in total. The number of benzene rings is 3. The van der Waals surface area contributed by atoms with Crippen LogP contribution in [0.5, 0.6) is 0 Å². The zero-order valence-electron chi connectivity index (χ0n) is 15.3. The highest BCUT2D eigenvalue weighted by Crippen LogP contribution is 2.56. The Morgan fingerprint density at radius 1 is 0.862 bits per heavy atom. The number of para-hydroxylation sites is 3. The molecule has 0 atom stereocenters. The number of amidine groups is 1. The number of hydrogen-bond donors (Lipinski definition) is 2. The van der Waals surface area contributed by atoms with Gasteiger partial charge in [-0.2, -0.15) is 4.99 Å². The van der Waals surface area contributed by atoms with E-state index in [1.165, 1.54) is 16.1 Å². The Bertz CT molecular complexity index is 976. The van der Waals surface area contributed by atoms with Gasteiger partial charge in [0.1, 0.15) is 5.08 Å². The maximum atomic E-state index is 10.6. The molecule has 0 unspecified atom stereocenters. The summed E-state index contributed by atoms with van der Waals surface area (Å²) in [5.41, 5.74) is 2.44. The van der Waals surface area contributed by atoms with Crippen LogP contribution in [0.2, 0.25) is 0 Å². The molecule has 5 nitrogen and oxygen atoms in total. The quantitative estimate of drug-likeness (QED) is 0.462. The predicted molar refractivity (Wildman–Crippen MR) is 129 cm³/mol. The van der Waals surface area contributed by atoms with E-state index in [1.807, 2.05) is 95.9 Å². The van der Waals surface area contributed by atoms with Crippen molar-refractivity contribution in [3.05, 3.63) is 91.0 Å². The lowest BCUT2D eigenvalue weighted by molar-refractivity contribution is 0.496. The normalized spacial score (nSPS) is 17.9. The average Bonchev–Trinajstić information content (AvgIpc) is 3.04. The lowest BCUT2D eigenvalue weighted by Crippen LogP contribution is -2.29. The molecule has 29 heavy (non-hydrogen) atoms. The molecule has 0 spiro atoms. The van der Waals surface area contributed by atoms with Crippen LogP contribution >= 0.6 is 34.8 Å². The van der Waals surface area contributed by atoms with E-state index in [4.69, 9.17) is 12.2 Å². The van der Waals surface area contributed by atoms with Crippen LogP contribution in [0.4, 0.5) is 17.1 Å². The Balaban J connectivity index is 1.74. The third-order valence-corrected chi connectivity index (χ3v) is 7.84. The number of aliphatic imine (C=N–C) groups is 1. The van der Waals surface area contributed by atoms with Gasteiger partial charge in [0.25, 0.3) is 0 Å². The van der Waals surface area contributed by atoms with Gasteiger partial charge >= 0.3 is 0 Å². The van der Waals surface area contributed by atoms with E-state index in [2.05, 4.69) is 4.99 Å². The van der Waals surface area contributed by atoms with Gasteiger partial charge in [0.05, 0.1) is 5.69 Å². The first-order valence-corrected chi connectivity index (χ1v) is 11.9. The van der Waals surface area contributed by atoms with Crippen molar-refractivity contribution < 1.29 is 9.11 Å². The third-order valence-electron chi connectivity index (χ3n) is 4.21. The second-order valence-corrected chi connectivity index (χ2v) is 9.80. The molecular weight excluding hydrogens is 422 g/mol. The molecule has 3 aromatic carbocycles. The van der Waals surface area contributed by atoms with E-state index < -0.39 is 10.8 Å². The lowest BCUT2D eigenvalue weighted by Gasteiger charge is -2.36. The molecule has 0 saturated carbocycles. The monoisotopic (exact) mass is 441 g/mol. The van der Waals surface area contributed by atoms with Crippen LogP contribution < -0.4 is 9.21 Å². The maximum absolute atomic E-state index is 10.6. The van der Waals surface area contributed by atoms with Crippen molar-refractivity contribution in [2.24, 2.45) is 4.99 Å². The molecular formula is C21H19N3O2S3. The van der Waals surface area contributed by atoms with Crippen LogP contribution in [0, 0.1) is 0 Å². The van der Waals surface area contributed by atoms with Crippen molar-refractivity contribution in [1.29, 1.82) is 0 Å². The second-order valence-electron chi connectivity index (χ2n) is 6.21. The Hall–Kier alpha value is -2.36. The van der Waals surface area contributed by atoms with Crippen LogP contribution in [-0.2, 0) is 0 Å². The molecule has 1 heterocycles. The van der Waals surface area contributed by atoms with Crippen LogP contribution in [0.1, 0.15) is 0 Å². The molecule has 0 aliphatic carbocycles. The number of anilines is 3. The van der Waals surface area contributed by atoms with Crippen molar-refractivity contribution in [1.82, 2.24) is 0 Å². The Morgan fingerprint density at radius 2 is 1.34 bits per heavy atom. The van der Waals surface area contributed by atoms with Crippen LogP contribution in [0.25, 0.3) is 0 Å². The summed E-state index contributed by atoms with van der Waals surface area (Å²) < 4.78 is 22.6. The van der Waals surface area contributed by atoms with Crippen molar-refractivity contribution in [2.45, 2.75) is 0 Å². The molecule has 0 aromatic heterocycles. The first-order chi connectivity index (χ1) is 14.1. The number of thioether (sulfide) groups is 1. The van der Waals surface area contributed by atoms with Crippen LogP contribution in [0.3, 0.4) is 0 Å². The van der Waals surface area contributed by atoms with Gasteiger partial charge < -0.3 is 0 Å². The molecule has 3 aromatic rings. The molecule has 4 rings (SSSR count). The Kier molecular flexibility index (Phi) is 5.89. The van der Waals surface area contributed by atoms with E-state index in [0.29, 0.717) is 16.0 Å². The fourth-order valence-corrected chi connectivity index (χ4v) is 6.42. The zero-order valence-corrected chi connectivity index (χ0v) is 17.8. The standard InChI is InChI=1S/C21H19N3O2S3/c25-29(26)16-28-21(24(29)19-14-8-3-9-15-19)22-20(27)23(17-10-4-1-5-11-17)18-12-6-2-7-13-18/h1-15,25-26H,16H2. The summed E-state index contributed by atoms with van der Waals surface area (Å²) in [5, 5.41) is 0.945. The highest BCUT2D eigenvalue weighted by atomic mass is 32.3. The lowest BCUT2D eigenvalue weighted by atomic mass is 10.2. The third kappa shape index (κ3) is 4.31. The maximum Gasteiger partial charge on any atom is 0.207 e. The summed E-state index contributed by atoms with van der Waals surface area (Å²) in [5.74, 6) is 0. The first kappa shape index (κ1) is 19.9. The molecule has 148 valence electrons. The molecule has 8 heteroatoms. The van der Waals surface area contributed by atoms with Crippen molar-refractivity contribution in [3.8, 4) is 0 Å². The molecule has 1 saturated heterocycles. The average molecular weight is 442 g/mol. The van der Waals surface area contributed by atoms with E-state index in [9.17, 15) is 9.11 Å². The summed E-state index contributed by atoms with van der Waals surface area (Å²) in [6.45, 7) is 0. The van der Waals surface area contributed by atoms with Crippen molar-refractivity contribution >= 4 is 62.1 Å². The SMILES string of the molecule is OS1(O)CSC(=NC(=S)N(c2ccccc2)c2ccccc2)N1c1ccccc1. The summed E-state index contributed by atoms with van der Waals surface area (Å²) in [6, 6.07) is 28.7. The minimum atomic E-state index is -3.00. The Morgan fingerprint density at radius 3 is 1.86 bits per heavy atom. The van der Waals surface area contributed by atoms with E-state index in [0.717, 1.165) is 11.4 Å². The molecule has 0 bridgehead atoms. The van der Waals surface area contributed by atoms with Crippen LogP contribution in [-0.4, -0.2) is 24.5 Å². The summed E-state index contributed by atoms with van der Waals surface area (Å²) >= 11 is 6.99. The molecule has 1 aliphatic rings. The minimum Gasteiger partial charge on any atom is -0.286 e. The number of hydrogen-bond acceptors (Lipinski definition) is 4. The van der Waals surface area contributed by atoms with Gasteiger partial charge in [-0.1, -0.05) is 66.4 Å². The number of thiocarbonyl (C=S) groups is 1. The largest absolute Gasteiger partial charge is 0.286 e. The van der Waals surface area contributed by atoms with E-state index in [-0.39, 0.29) is 5.08 Å². The Labute approximate surface area is 181 Å². The zero-order chi connectivity index (χ0) is 20.3. The predicted octanol–water partition coefficient (Wildman–Crippen LogP) is 6.34. The second kappa shape index (κ2) is 8.56. The summed E-state index contributed by atoms with van der Waals surface area (Å²) in [6.07, 6.45) is 0. The number of rotatable bonds is 3. The van der Waals surface area contributed by atoms with Crippen molar-refractivity contribution in [3.63, 3.8) is 0 Å². The van der Waals surface area contributed by atoms with Gasteiger partial charge in [0.15, 0.2) is 5.17 Å². The van der Waals surface area contributed by atoms with Gasteiger partial charge in [-0.05, 0) is 48.6 Å². The smallest absolute Gasteiger partial charge is 0.207 e. The molecule has 0 radical (unpaired) electrons. The summed E-state index contributed by atoms with van der Waals surface area (Å²) in [4.78, 5) is 6.52. The topological polar surface area (TPSA) is 59.3 Å². The van der Waals surface area contributed by atoms with Gasteiger partial charge in [0.2, 0.25) is 5.11 Å². The molecule has 1 aliphatic heterocycles. The van der Waals surface area contributed by atoms with Gasteiger partial charge in [-0.15, -0.1) is 10.8 Å². The fourth-order valence-electron chi connectivity index (χ4n) is 2.94. The van der Waals surface area contributed by atoms with E-state index in [1.54, 1.807) is 0 Å². The molecule has 0 amide bonds. The van der Waals surface area contributed by atoms with Gasteiger partial charge in [-0.3, -0.25) is 14.0 Å². The van der Waals surface area contributed by atoms with Crippen LogP contribution in [0.15, 0.2) is 96.0 Å². The first-order valence-electron chi connectivity index (χ1n) is 8.83. The highest BCUT2D eigenvalue weighted by Gasteiger charge is 2.36.